The number of rotatable bonds is 5. The molecule has 1 atom stereocenters. The Bertz CT molecular complexity index is 611. The third-order valence-electron chi connectivity index (χ3n) is 3.40. The van der Waals surface area contributed by atoms with Crippen molar-refractivity contribution < 1.29 is 13.5 Å². The van der Waals surface area contributed by atoms with Gasteiger partial charge in [-0.15, -0.1) is 0 Å². The largest absolute Gasteiger partial charge is 0.494 e. The Morgan fingerprint density at radius 1 is 1.10 bits per heavy atom. The fraction of sp³-hybridized carbons (Fsp3) is 0.294. The van der Waals surface area contributed by atoms with Gasteiger partial charge in [-0.1, -0.05) is 12.1 Å². The molecule has 1 unspecified atom stereocenters. The highest BCUT2D eigenvalue weighted by Crippen LogP contribution is 2.27. The Balaban J connectivity index is 2.37. The van der Waals surface area contributed by atoms with Crippen molar-refractivity contribution in [1.29, 1.82) is 0 Å². The van der Waals surface area contributed by atoms with Crippen LogP contribution in [0.25, 0.3) is 0 Å². The molecule has 4 heteroatoms. The van der Waals surface area contributed by atoms with Crippen LogP contribution in [0.2, 0.25) is 0 Å². The van der Waals surface area contributed by atoms with E-state index in [9.17, 15) is 8.78 Å². The summed E-state index contributed by atoms with van der Waals surface area (Å²) < 4.78 is 33.2. The molecule has 0 bridgehead atoms. The minimum absolute atomic E-state index is 0.296. The van der Waals surface area contributed by atoms with Crippen LogP contribution in [0, 0.1) is 18.6 Å². The van der Waals surface area contributed by atoms with Gasteiger partial charge in [-0.3, -0.25) is 0 Å². The molecule has 0 radical (unpaired) electrons. The molecule has 0 aliphatic rings. The Morgan fingerprint density at radius 3 is 2.33 bits per heavy atom. The SMILES string of the molecule is CCOc1ccc(C(NC)c2cc(F)c(C)cc2F)cc1. The van der Waals surface area contributed by atoms with Crippen LogP contribution in [0.15, 0.2) is 36.4 Å². The van der Waals surface area contributed by atoms with Crippen LogP contribution >= 0.6 is 0 Å². The normalized spacial score (nSPS) is 12.2. The van der Waals surface area contributed by atoms with Crippen molar-refractivity contribution in [3.63, 3.8) is 0 Å². The molecule has 21 heavy (non-hydrogen) atoms. The quantitative estimate of drug-likeness (QED) is 0.899. The van der Waals surface area contributed by atoms with Crippen molar-refractivity contribution >= 4 is 0 Å². The van der Waals surface area contributed by atoms with Gasteiger partial charge in [0.1, 0.15) is 17.4 Å². The maximum atomic E-state index is 14.1. The minimum Gasteiger partial charge on any atom is -0.494 e. The lowest BCUT2D eigenvalue weighted by Gasteiger charge is -2.19. The molecular weight excluding hydrogens is 272 g/mol. The van der Waals surface area contributed by atoms with Gasteiger partial charge in [0, 0.05) is 5.56 Å². The summed E-state index contributed by atoms with van der Waals surface area (Å²) in [6.07, 6.45) is 0. The smallest absolute Gasteiger partial charge is 0.128 e. The predicted octanol–water partition coefficient (Wildman–Crippen LogP) is 3.98. The number of hydrogen-bond acceptors (Lipinski definition) is 2. The lowest BCUT2D eigenvalue weighted by atomic mass is 9.97. The highest BCUT2D eigenvalue weighted by molar-refractivity contribution is 5.37. The Kier molecular flexibility index (Phi) is 4.91. The number of hydrogen-bond donors (Lipinski definition) is 1. The Labute approximate surface area is 123 Å². The van der Waals surface area contributed by atoms with E-state index in [0.29, 0.717) is 17.7 Å². The Hall–Kier alpha value is -1.94. The summed E-state index contributed by atoms with van der Waals surface area (Å²) in [5, 5.41) is 3.03. The zero-order valence-corrected chi connectivity index (χ0v) is 12.4. The minimum atomic E-state index is -0.415. The third-order valence-corrected chi connectivity index (χ3v) is 3.40. The molecule has 2 aromatic rings. The summed E-state index contributed by atoms with van der Waals surface area (Å²) in [6.45, 7) is 4.05. The van der Waals surface area contributed by atoms with Crippen molar-refractivity contribution in [3.8, 4) is 5.75 Å². The lowest BCUT2D eigenvalue weighted by Crippen LogP contribution is -2.19. The molecular formula is C17H19F2NO. The maximum absolute atomic E-state index is 14.1. The van der Waals surface area contributed by atoms with Gasteiger partial charge in [0.2, 0.25) is 0 Å². The first-order valence-electron chi connectivity index (χ1n) is 6.92. The third kappa shape index (κ3) is 3.39. The van der Waals surface area contributed by atoms with E-state index in [1.165, 1.54) is 12.1 Å². The second-order valence-electron chi connectivity index (χ2n) is 4.85. The molecule has 0 saturated carbocycles. The first-order chi connectivity index (χ1) is 10.1. The summed E-state index contributed by atoms with van der Waals surface area (Å²) in [4.78, 5) is 0. The van der Waals surface area contributed by atoms with Crippen molar-refractivity contribution in [2.24, 2.45) is 0 Å². The van der Waals surface area contributed by atoms with Gasteiger partial charge in [-0.2, -0.15) is 0 Å². The van der Waals surface area contributed by atoms with E-state index >= 15 is 0 Å². The van der Waals surface area contributed by atoms with Crippen LogP contribution in [-0.2, 0) is 0 Å². The molecule has 112 valence electrons. The van der Waals surface area contributed by atoms with Crippen LogP contribution in [0.1, 0.15) is 29.7 Å². The molecule has 1 N–H and O–H groups in total. The molecule has 0 saturated heterocycles. The first-order valence-corrected chi connectivity index (χ1v) is 6.92. The standard InChI is InChI=1S/C17H19F2NO/c1-4-21-13-7-5-12(6-8-13)17(20-3)14-10-15(18)11(2)9-16(14)19/h5-10,17,20H,4H2,1-3H3. The van der Waals surface area contributed by atoms with Gasteiger partial charge in [-0.05, 0) is 56.3 Å². The lowest BCUT2D eigenvalue weighted by molar-refractivity contribution is 0.340. The number of aryl methyl sites for hydroxylation is 1. The van der Waals surface area contributed by atoms with Crippen LogP contribution < -0.4 is 10.1 Å². The molecule has 0 spiro atoms. The average Bonchev–Trinajstić information content (AvgIpc) is 2.47. The van der Waals surface area contributed by atoms with E-state index in [-0.39, 0.29) is 0 Å². The second-order valence-corrected chi connectivity index (χ2v) is 4.85. The summed E-state index contributed by atoms with van der Waals surface area (Å²) in [5.74, 6) is -0.0635. The highest BCUT2D eigenvalue weighted by atomic mass is 19.1. The fourth-order valence-electron chi connectivity index (χ4n) is 2.31. The van der Waals surface area contributed by atoms with Crippen molar-refractivity contribution in [2.75, 3.05) is 13.7 Å². The van der Waals surface area contributed by atoms with Crippen molar-refractivity contribution in [2.45, 2.75) is 19.9 Å². The monoisotopic (exact) mass is 291 g/mol. The molecule has 0 aliphatic heterocycles. The van der Waals surface area contributed by atoms with Crippen molar-refractivity contribution in [1.82, 2.24) is 5.32 Å². The van der Waals surface area contributed by atoms with E-state index in [1.807, 2.05) is 31.2 Å². The van der Waals surface area contributed by atoms with E-state index < -0.39 is 17.7 Å². The fourth-order valence-corrected chi connectivity index (χ4v) is 2.31. The number of halogens is 2. The van der Waals surface area contributed by atoms with Gasteiger partial charge in [-0.25, -0.2) is 8.78 Å². The van der Waals surface area contributed by atoms with Crippen molar-refractivity contribution in [3.05, 3.63) is 64.7 Å². The molecule has 0 aromatic heterocycles. The molecule has 0 fully saturated rings. The van der Waals surface area contributed by atoms with Crippen LogP contribution in [0.5, 0.6) is 5.75 Å². The number of benzene rings is 2. The van der Waals surface area contributed by atoms with Gasteiger partial charge < -0.3 is 10.1 Å². The van der Waals surface area contributed by atoms with Crippen LogP contribution in [0.4, 0.5) is 8.78 Å². The second kappa shape index (κ2) is 6.68. The zero-order valence-electron chi connectivity index (χ0n) is 12.4. The highest BCUT2D eigenvalue weighted by Gasteiger charge is 2.18. The number of nitrogens with one attached hydrogen (secondary N) is 1. The maximum Gasteiger partial charge on any atom is 0.128 e. The molecule has 0 amide bonds. The van der Waals surface area contributed by atoms with Crippen LogP contribution in [-0.4, -0.2) is 13.7 Å². The first kappa shape index (κ1) is 15.4. The van der Waals surface area contributed by atoms with Gasteiger partial charge in [0.25, 0.3) is 0 Å². The average molecular weight is 291 g/mol. The summed E-state index contributed by atoms with van der Waals surface area (Å²) in [5.41, 5.74) is 1.45. The van der Waals surface area contributed by atoms with Gasteiger partial charge in [0.05, 0.1) is 12.6 Å². The summed E-state index contributed by atoms with van der Waals surface area (Å²) in [7, 11) is 1.72. The molecule has 0 aliphatic carbocycles. The predicted molar refractivity (Wildman–Crippen MR) is 79.6 cm³/mol. The van der Waals surface area contributed by atoms with E-state index in [4.69, 9.17) is 4.74 Å². The summed E-state index contributed by atoms with van der Waals surface area (Å²) in [6, 6.07) is 9.42. The molecule has 2 rings (SSSR count). The molecule has 2 nitrogen and oxygen atoms in total. The zero-order chi connectivity index (χ0) is 15.4. The number of ether oxygens (including phenoxy) is 1. The van der Waals surface area contributed by atoms with Gasteiger partial charge >= 0.3 is 0 Å². The van der Waals surface area contributed by atoms with E-state index in [1.54, 1.807) is 14.0 Å². The molecule has 2 aromatic carbocycles. The summed E-state index contributed by atoms with van der Waals surface area (Å²) >= 11 is 0. The molecule has 0 heterocycles. The van der Waals surface area contributed by atoms with E-state index in [0.717, 1.165) is 11.3 Å². The van der Waals surface area contributed by atoms with Gasteiger partial charge in [0.15, 0.2) is 0 Å². The topological polar surface area (TPSA) is 21.3 Å². The van der Waals surface area contributed by atoms with E-state index in [2.05, 4.69) is 5.32 Å². The van der Waals surface area contributed by atoms with Crippen LogP contribution in [0.3, 0.4) is 0 Å². The Morgan fingerprint density at radius 2 is 1.76 bits per heavy atom.